The number of carbonyl (C=O) groups excluding carboxylic acids is 2. The molecule has 0 radical (unpaired) electrons. The SMILES string of the molecule is O=C1C[C@H](c2ccc(F)cc2)C(C(=O)Nc2cc(OCCO)c(Cl)cc2Br)=CN1. The third kappa shape index (κ3) is 5.14. The molecule has 1 atom stereocenters. The van der Waals surface area contributed by atoms with E-state index in [9.17, 15) is 14.0 Å². The normalized spacial score (nSPS) is 16.1. The van der Waals surface area contributed by atoms with Crippen LogP contribution in [0.4, 0.5) is 10.1 Å². The van der Waals surface area contributed by atoms with E-state index >= 15 is 0 Å². The molecule has 1 heterocycles. The van der Waals surface area contributed by atoms with E-state index in [0.29, 0.717) is 32.1 Å². The van der Waals surface area contributed by atoms with Gasteiger partial charge < -0.3 is 20.5 Å². The van der Waals surface area contributed by atoms with E-state index in [4.69, 9.17) is 21.4 Å². The van der Waals surface area contributed by atoms with E-state index in [1.807, 2.05) is 0 Å². The molecule has 2 aromatic carbocycles. The number of halogens is 3. The zero-order valence-corrected chi connectivity index (χ0v) is 17.4. The molecule has 0 unspecified atom stereocenters. The zero-order chi connectivity index (χ0) is 21.0. The van der Waals surface area contributed by atoms with Crippen LogP contribution in [0.25, 0.3) is 0 Å². The van der Waals surface area contributed by atoms with Crippen LogP contribution >= 0.6 is 27.5 Å². The number of amides is 2. The fourth-order valence-electron chi connectivity index (χ4n) is 2.92. The number of nitrogens with one attached hydrogen (secondary N) is 2. The van der Waals surface area contributed by atoms with Gasteiger partial charge in [0, 0.05) is 34.7 Å². The Bertz CT molecular complexity index is 966. The number of anilines is 1. The van der Waals surface area contributed by atoms with Crippen LogP contribution < -0.4 is 15.4 Å². The van der Waals surface area contributed by atoms with Crippen LogP contribution in [0.1, 0.15) is 17.9 Å². The highest BCUT2D eigenvalue weighted by Crippen LogP contribution is 2.36. The first-order valence-corrected chi connectivity index (χ1v) is 9.85. The van der Waals surface area contributed by atoms with Gasteiger partial charge in [-0.3, -0.25) is 9.59 Å². The molecule has 29 heavy (non-hydrogen) atoms. The van der Waals surface area contributed by atoms with Crippen molar-refractivity contribution in [2.24, 2.45) is 0 Å². The van der Waals surface area contributed by atoms with Crippen molar-refractivity contribution in [1.82, 2.24) is 5.32 Å². The third-order valence-corrected chi connectivity index (χ3v) is 5.26. The van der Waals surface area contributed by atoms with Crippen molar-refractivity contribution in [3.63, 3.8) is 0 Å². The van der Waals surface area contributed by atoms with Gasteiger partial charge in [0.25, 0.3) is 5.91 Å². The van der Waals surface area contributed by atoms with Crippen LogP contribution in [0.2, 0.25) is 5.02 Å². The van der Waals surface area contributed by atoms with Gasteiger partial charge >= 0.3 is 0 Å². The first-order chi connectivity index (χ1) is 13.9. The van der Waals surface area contributed by atoms with Gasteiger partial charge in [0.15, 0.2) is 0 Å². The lowest BCUT2D eigenvalue weighted by molar-refractivity contribution is -0.121. The Balaban J connectivity index is 1.86. The van der Waals surface area contributed by atoms with Gasteiger partial charge in [0.2, 0.25) is 5.91 Å². The summed E-state index contributed by atoms with van der Waals surface area (Å²) in [6.07, 6.45) is 1.43. The summed E-state index contributed by atoms with van der Waals surface area (Å²) in [5, 5.41) is 14.6. The highest BCUT2D eigenvalue weighted by Gasteiger charge is 2.29. The van der Waals surface area contributed by atoms with Crippen LogP contribution in [-0.2, 0) is 9.59 Å². The molecule has 0 aromatic heterocycles. The summed E-state index contributed by atoms with van der Waals surface area (Å²) < 4.78 is 19.2. The average Bonchev–Trinajstić information content (AvgIpc) is 2.69. The maximum atomic E-state index is 13.3. The van der Waals surface area contributed by atoms with Gasteiger partial charge in [-0.2, -0.15) is 0 Å². The number of aliphatic hydroxyl groups excluding tert-OH is 1. The summed E-state index contributed by atoms with van der Waals surface area (Å²) in [4.78, 5) is 24.8. The van der Waals surface area contributed by atoms with Crippen LogP contribution in [0.5, 0.6) is 5.75 Å². The number of ether oxygens (including phenoxy) is 1. The van der Waals surface area contributed by atoms with Crippen molar-refractivity contribution in [2.45, 2.75) is 12.3 Å². The number of rotatable bonds is 6. The number of benzene rings is 2. The predicted molar refractivity (Wildman–Crippen MR) is 110 cm³/mol. The average molecular weight is 484 g/mol. The van der Waals surface area contributed by atoms with Crippen molar-refractivity contribution in [3.05, 3.63) is 69.0 Å². The fraction of sp³-hybridized carbons (Fsp3) is 0.200. The van der Waals surface area contributed by atoms with Crippen molar-refractivity contribution < 1.29 is 23.8 Å². The van der Waals surface area contributed by atoms with Crippen LogP contribution in [0, 0.1) is 5.82 Å². The molecule has 1 aliphatic heterocycles. The highest BCUT2D eigenvalue weighted by molar-refractivity contribution is 9.10. The molecule has 152 valence electrons. The van der Waals surface area contributed by atoms with Crippen LogP contribution in [0.15, 0.2) is 52.6 Å². The van der Waals surface area contributed by atoms with E-state index in [1.165, 1.54) is 24.4 Å². The van der Waals surface area contributed by atoms with Gasteiger partial charge in [0.1, 0.15) is 18.2 Å². The molecular formula is C20H17BrClFN2O4. The first kappa shape index (κ1) is 21.3. The Morgan fingerprint density at radius 3 is 2.76 bits per heavy atom. The Morgan fingerprint density at radius 2 is 2.07 bits per heavy atom. The summed E-state index contributed by atoms with van der Waals surface area (Å²) in [5.41, 5.74) is 1.39. The molecule has 9 heteroatoms. The first-order valence-electron chi connectivity index (χ1n) is 8.68. The Kier molecular flexibility index (Phi) is 6.89. The molecule has 0 spiro atoms. The Labute approximate surface area is 179 Å². The minimum atomic E-state index is -0.513. The van der Waals surface area contributed by atoms with E-state index in [-0.39, 0.29) is 25.5 Å². The quantitative estimate of drug-likeness (QED) is 0.584. The molecule has 6 nitrogen and oxygen atoms in total. The lowest BCUT2D eigenvalue weighted by atomic mass is 9.86. The largest absolute Gasteiger partial charge is 0.490 e. The molecule has 3 rings (SSSR count). The van der Waals surface area contributed by atoms with E-state index in [2.05, 4.69) is 26.6 Å². The number of hydrogen-bond donors (Lipinski definition) is 3. The second-order valence-corrected chi connectivity index (χ2v) is 7.53. The van der Waals surface area contributed by atoms with Crippen molar-refractivity contribution >= 4 is 45.0 Å². The molecule has 2 amide bonds. The highest BCUT2D eigenvalue weighted by atomic mass is 79.9. The minimum absolute atomic E-state index is 0.0541. The third-order valence-electron chi connectivity index (χ3n) is 4.31. The molecule has 0 aliphatic carbocycles. The molecule has 3 N–H and O–H groups in total. The van der Waals surface area contributed by atoms with E-state index < -0.39 is 17.6 Å². The van der Waals surface area contributed by atoms with Gasteiger partial charge in [-0.25, -0.2) is 4.39 Å². The second-order valence-electron chi connectivity index (χ2n) is 6.26. The molecule has 0 saturated carbocycles. The standard InChI is InChI=1S/C20H17BrClFN2O4/c21-15-8-16(22)18(29-6-5-26)9-17(15)25-20(28)14-10-24-19(27)7-13(14)11-1-3-12(23)4-2-11/h1-4,8-10,13,26H,5-7H2,(H,24,27)(H,25,28)/t13-/m1/s1. The predicted octanol–water partition coefficient (Wildman–Crippen LogP) is 3.74. The molecule has 0 bridgehead atoms. The molecular weight excluding hydrogens is 467 g/mol. The summed E-state index contributed by atoms with van der Waals surface area (Å²) in [6.45, 7) is -0.126. The molecule has 0 saturated heterocycles. The smallest absolute Gasteiger partial charge is 0.253 e. The van der Waals surface area contributed by atoms with Gasteiger partial charge in [0.05, 0.1) is 17.3 Å². The van der Waals surface area contributed by atoms with Crippen LogP contribution in [-0.4, -0.2) is 30.1 Å². The summed E-state index contributed by atoms with van der Waals surface area (Å²) in [5.74, 6) is -1.27. The summed E-state index contributed by atoms with van der Waals surface area (Å²) in [7, 11) is 0. The molecule has 2 aromatic rings. The monoisotopic (exact) mass is 482 g/mol. The zero-order valence-electron chi connectivity index (χ0n) is 15.0. The van der Waals surface area contributed by atoms with Gasteiger partial charge in [-0.05, 0) is 39.7 Å². The fourth-order valence-corrected chi connectivity index (χ4v) is 3.71. The molecule has 1 aliphatic rings. The lowest BCUT2D eigenvalue weighted by Crippen LogP contribution is -2.32. The Morgan fingerprint density at radius 1 is 1.34 bits per heavy atom. The lowest BCUT2D eigenvalue weighted by Gasteiger charge is -2.24. The maximum Gasteiger partial charge on any atom is 0.253 e. The maximum absolute atomic E-state index is 13.3. The van der Waals surface area contributed by atoms with Gasteiger partial charge in [-0.15, -0.1) is 0 Å². The second kappa shape index (κ2) is 9.39. The minimum Gasteiger partial charge on any atom is -0.490 e. The van der Waals surface area contributed by atoms with Crippen molar-refractivity contribution in [3.8, 4) is 5.75 Å². The number of hydrogen-bond acceptors (Lipinski definition) is 4. The summed E-state index contributed by atoms with van der Waals surface area (Å²) in [6, 6.07) is 8.79. The number of carbonyl (C=O) groups is 2. The Hall–Kier alpha value is -2.42. The topological polar surface area (TPSA) is 87.7 Å². The van der Waals surface area contributed by atoms with Crippen molar-refractivity contribution in [1.29, 1.82) is 0 Å². The van der Waals surface area contributed by atoms with Crippen molar-refractivity contribution in [2.75, 3.05) is 18.5 Å². The van der Waals surface area contributed by atoms with Crippen LogP contribution in [0.3, 0.4) is 0 Å². The van der Waals surface area contributed by atoms with E-state index in [1.54, 1.807) is 18.2 Å². The number of aliphatic hydroxyl groups is 1. The molecule has 0 fully saturated rings. The summed E-state index contributed by atoms with van der Waals surface area (Å²) >= 11 is 9.46. The van der Waals surface area contributed by atoms with E-state index in [0.717, 1.165) is 0 Å². The van der Waals surface area contributed by atoms with Gasteiger partial charge in [-0.1, -0.05) is 23.7 Å².